The number of hydrogen-bond acceptors (Lipinski definition) is 4. The summed E-state index contributed by atoms with van der Waals surface area (Å²) in [6.45, 7) is 1.42. The Balaban J connectivity index is 2.04. The van der Waals surface area contributed by atoms with Gasteiger partial charge in [0.1, 0.15) is 17.1 Å². The van der Waals surface area contributed by atoms with Gasteiger partial charge in [0.25, 0.3) is 5.91 Å². The second-order valence-electron chi connectivity index (χ2n) is 4.89. The first-order chi connectivity index (χ1) is 11.4. The van der Waals surface area contributed by atoms with Crippen molar-refractivity contribution in [1.29, 1.82) is 0 Å². The maximum atomic E-state index is 12.8. The van der Waals surface area contributed by atoms with Crippen molar-refractivity contribution in [2.24, 2.45) is 0 Å². The highest BCUT2D eigenvalue weighted by Crippen LogP contribution is 2.24. The van der Waals surface area contributed by atoms with E-state index >= 15 is 0 Å². The molecule has 0 radical (unpaired) electrons. The van der Waals surface area contributed by atoms with E-state index in [0.717, 1.165) is 0 Å². The van der Waals surface area contributed by atoms with E-state index in [1.807, 2.05) is 0 Å². The highest BCUT2D eigenvalue weighted by molar-refractivity contribution is 6.31. The molecule has 0 aliphatic heterocycles. The number of benzene rings is 2. The Hall–Kier alpha value is -2.60. The van der Waals surface area contributed by atoms with Gasteiger partial charge >= 0.3 is 5.97 Å². The van der Waals surface area contributed by atoms with Crippen molar-refractivity contribution in [2.45, 2.75) is 13.0 Å². The average molecular weight is 352 g/mol. The molecule has 2 aromatic rings. The molecule has 24 heavy (non-hydrogen) atoms. The number of anilines is 1. The Kier molecular flexibility index (Phi) is 5.76. The second kappa shape index (κ2) is 7.79. The van der Waals surface area contributed by atoms with Gasteiger partial charge in [-0.3, -0.25) is 4.79 Å². The van der Waals surface area contributed by atoms with Gasteiger partial charge in [0.05, 0.1) is 7.11 Å². The molecule has 7 heteroatoms. The lowest BCUT2D eigenvalue weighted by molar-refractivity contribution is -0.123. The van der Waals surface area contributed by atoms with Crippen LogP contribution in [0.5, 0.6) is 5.75 Å². The Morgan fingerprint density at radius 3 is 2.46 bits per heavy atom. The van der Waals surface area contributed by atoms with Crippen molar-refractivity contribution in [3.63, 3.8) is 0 Å². The maximum absolute atomic E-state index is 12.8. The lowest BCUT2D eigenvalue weighted by atomic mass is 10.2. The van der Waals surface area contributed by atoms with Gasteiger partial charge in [-0.1, -0.05) is 11.6 Å². The highest BCUT2D eigenvalue weighted by atomic mass is 35.5. The number of amides is 1. The zero-order valence-electron chi connectivity index (χ0n) is 13.0. The number of methoxy groups -OCH3 is 1. The smallest absolute Gasteiger partial charge is 0.342 e. The summed E-state index contributed by atoms with van der Waals surface area (Å²) in [5.74, 6) is -1.41. The van der Waals surface area contributed by atoms with Gasteiger partial charge in [0.2, 0.25) is 0 Å². The molecule has 0 aliphatic rings. The first-order valence-electron chi connectivity index (χ1n) is 7.01. The number of carbonyl (C=O) groups is 2. The van der Waals surface area contributed by atoms with Crippen LogP contribution in [-0.2, 0) is 9.53 Å². The predicted octanol–water partition coefficient (Wildman–Crippen LogP) is 3.67. The van der Waals surface area contributed by atoms with Crippen LogP contribution in [0.2, 0.25) is 5.02 Å². The molecule has 0 aromatic heterocycles. The van der Waals surface area contributed by atoms with Gasteiger partial charge in [0, 0.05) is 10.7 Å². The third-order valence-corrected chi connectivity index (χ3v) is 3.38. The van der Waals surface area contributed by atoms with E-state index in [1.54, 1.807) is 6.07 Å². The second-order valence-corrected chi connectivity index (χ2v) is 5.32. The molecule has 0 bridgehead atoms. The highest BCUT2D eigenvalue weighted by Gasteiger charge is 2.21. The standard InChI is InChI=1S/C17H15ClFNO4/c1-10(16(21)20-13-6-4-12(19)5-7-13)24-17(22)14-9-11(18)3-8-15(14)23-2/h3-10H,1-2H3,(H,20,21)/t10-/m1/s1. The first-order valence-corrected chi connectivity index (χ1v) is 7.39. The van der Waals surface area contributed by atoms with Gasteiger partial charge in [-0.15, -0.1) is 0 Å². The fourth-order valence-electron chi connectivity index (χ4n) is 1.89. The Morgan fingerprint density at radius 1 is 1.17 bits per heavy atom. The van der Waals surface area contributed by atoms with E-state index in [-0.39, 0.29) is 11.3 Å². The van der Waals surface area contributed by atoms with Crippen molar-refractivity contribution in [3.8, 4) is 5.75 Å². The van der Waals surface area contributed by atoms with Crippen LogP contribution in [-0.4, -0.2) is 25.1 Å². The normalized spacial score (nSPS) is 11.5. The van der Waals surface area contributed by atoms with Crippen molar-refractivity contribution in [1.82, 2.24) is 0 Å². The fourth-order valence-corrected chi connectivity index (χ4v) is 2.07. The summed E-state index contributed by atoms with van der Waals surface area (Å²) >= 11 is 5.86. The predicted molar refractivity (Wildman–Crippen MR) is 87.9 cm³/mol. The summed E-state index contributed by atoms with van der Waals surface area (Å²) in [5.41, 5.74) is 0.510. The van der Waals surface area contributed by atoms with Crippen LogP contribution in [0.4, 0.5) is 10.1 Å². The summed E-state index contributed by atoms with van der Waals surface area (Å²) in [6, 6.07) is 9.73. The van der Waals surface area contributed by atoms with E-state index in [1.165, 1.54) is 50.4 Å². The van der Waals surface area contributed by atoms with Crippen LogP contribution in [0, 0.1) is 5.82 Å². The molecule has 1 N–H and O–H groups in total. The minimum atomic E-state index is -1.06. The molecule has 1 atom stereocenters. The monoisotopic (exact) mass is 351 g/mol. The van der Waals surface area contributed by atoms with Crippen LogP contribution < -0.4 is 10.1 Å². The molecule has 0 heterocycles. The largest absolute Gasteiger partial charge is 0.496 e. The first kappa shape index (κ1) is 17.7. The number of ether oxygens (including phenoxy) is 2. The topological polar surface area (TPSA) is 64.6 Å². The third-order valence-electron chi connectivity index (χ3n) is 3.15. The van der Waals surface area contributed by atoms with E-state index in [4.69, 9.17) is 21.1 Å². The molecule has 0 aliphatic carbocycles. The number of halogens is 2. The molecule has 2 rings (SSSR count). The van der Waals surface area contributed by atoms with Crippen molar-refractivity contribution in [3.05, 3.63) is 58.9 Å². The molecule has 2 aromatic carbocycles. The minimum absolute atomic E-state index is 0.117. The molecule has 0 saturated carbocycles. The SMILES string of the molecule is COc1ccc(Cl)cc1C(=O)O[C@H](C)C(=O)Nc1ccc(F)cc1. The summed E-state index contributed by atoms with van der Waals surface area (Å²) in [4.78, 5) is 24.2. The summed E-state index contributed by atoms with van der Waals surface area (Å²) in [6.07, 6.45) is -1.06. The number of carbonyl (C=O) groups excluding carboxylic acids is 2. The Bertz CT molecular complexity index is 749. The van der Waals surface area contributed by atoms with Crippen LogP contribution in [0.25, 0.3) is 0 Å². The maximum Gasteiger partial charge on any atom is 0.342 e. The molecular weight excluding hydrogens is 337 g/mol. The third kappa shape index (κ3) is 4.45. The zero-order valence-corrected chi connectivity index (χ0v) is 13.8. The van der Waals surface area contributed by atoms with Gasteiger partial charge in [-0.05, 0) is 49.4 Å². The van der Waals surface area contributed by atoms with Crippen molar-refractivity contribution in [2.75, 3.05) is 12.4 Å². The zero-order chi connectivity index (χ0) is 17.7. The van der Waals surface area contributed by atoms with Crippen LogP contribution in [0.3, 0.4) is 0 Å². The minimum Gasteiger partial charge on any atom is -0.496 e. The molecule has 126 valence electrons. The van der Waals surface area contributed by atoms with E-state index in [2.05, 4.69) is 5.32 Å². The summed E-state index contributed by atoms with van der Waals surface area (Å²) in [5, 5.41) is 2.86. The average Bonchev–Trinajstić information content (AvgIpc) is 2.56. The van der Waals surface area contributed by atoms with Crippen LogP contribution in [0.15, 0.2) is 42.5 Å². The Labute approximate surface area is 143 Å². The van der Waals surface area contributed by atoms with E-state index in [0.29, 0.717) is 10.7 Å². The number of esters is 1. The Morgan fingerprint density at radius 2 is 1.83 bits per heavy atom. The van der Waals surface area contributed by atoms with Crippen molar-refractivity contribution < 1.29 is 23.5 Å². The number of hydrogen-bond donors (Lipinski definition) is 1. The van der Waals surface area contributed by atoms with Crippen molar-refractivity contribution >= 4 is 29.2 Å². The summed E-state index contributed by atoms with van der Waals surface area (Å²) in [7, 11) is 1.41. The summed E-state index contributed by atoms with van der Waals surface area (Å²) < 4.78 is 23.0. The van der Waals surface area contributed by atoms with E-state index < -0.39 is 23.8 Å². The quantitative estimate of drug-likeness (QED) is 0.835. The number of rotatable bonds is 5. The molecule has 0 saturated heterocycles. The van der Waals surface area contributed by atoms with Gasteiger partial charge in [-0.25, -0.2) is 9.18 Å². The van der Waals surface area contributed by atoms with E-state index in [9.17, 15) is 14.0 Å². The van der Waals surface area contributed by atoms with Gasteiger partial charge in [0.15, 0.2) is 6.10 Å². The molecule has 1 amide bonds. The molecular formula is C17H15ClFNO4. The molecule has 0 unspecified atom stereocenters. The lowest BCUT2D eigenvalue weighted by Gasteiger charge is -2.15. The molecule has 5 nitrogen and oxygen atoms in total. The van der Waals surface area contributed by atoms with Crippen LogP contribution in [0.1, 0.15) is 17.3 Å². The lowest BCUT2D eigenvalue weighted by Crippen LogP contribution is -2.30. The van der Waals surface area contributed by atoms with Crippen LogP contribution >= 0.6 is 11.6 Å². The fraction of sp³-hybridized carbons (Fsp3) is 0.176. The molecule has 0 spiro atoms. The van der Waals surface area contributed by atoms with Gasteiger partial charge < -0.3 is 14.8 Å². The van der Waals surface area contributed by atoms with Gasteiger partial charge in [-0.2, -0.15) is 0 Å². The molecule has 0 fully saturated rings. The number of nitrogens with one attached hydrogen (secondary N) is 1.